The van der Waals surface area contributed by atoms with E-state index >= 15 is 0 Å². The minimum Gasteiger partial charge on any atom is -0.384 e. The Morgan fingerprint density at radius 1 is 1.28 bits per heavy atom. The molecule has 2 aromatic heterocycles. The molecule has 1 amide bonds. The van der Waals surface area contributed by atoms with Gasteiger partial charge in [0, 0.05) is 38.1 Å². The highest BCUT2D eigenvalue weighted by Gasteiger charge is 2.23. The third-order valence-corrected chi connectivity index (χ3v) is 4.44. The number of anilines is 1. The first-order valence-electron chi connectivity index (χ1n) is 8.69. The summed E-state index contributed by atoms with van der Waals surface area (Å²) in [6.45, 7) is 1.93. The lowest BCUT2D eigenvalue weighted by molar-refractivity contribution is -0.138. The van der Waals surface area contributed by atoms with Gasteiger partial charge in [-0.15, -0.1) is 0 Å². The summed E-state index contributed by atoms with van der Waals surface area (Å²) in [4.78, 5) is 22.5. The number of hydrogen-bond acceptors (Lipinski definition) is 5. The molecule has 3 rings (SSSR count). The molecule has 0 spiro atoms. The lowest BCUT2D eigenvalue weighted by Crippen LogP contribution is -2.45. The summed E-state index contributed by atoms with van der Waals surface area (Å²) >= 11 is 0. The number of rotatable bonds is 6. The molecule has 6 heteroatoms. The quantitative estimate of drug-likeness (QED) is 0.868. The van der Waals surface area contributed by atoms with Crippen LogP contribution in [-0.2, 0) is 22.4 Å². The van der Waals surface area contributed by atoms with Crippen molar-refractivity contribution >= 4 is 11.7 Å². The van der Waals surface area contributed by atoms with Crippen molar-refractivity contribution in [3.63, 3.8) is 0 Å². The van der Waals surface area contributed by atoms with Crippen LogP contribution in [0.25, 0.3) is 0 Å². The van der Waals surface area contributed by atoms with E-state index in [1.807, 2.05) is 35.4 Å². The summed E-state index contributed by atoms with van der Waals surface area (Å²) in [5.74, 6) is 0.722. The lowest BCUT2D eigenvalue weighted by atomic mass is 10.1. The summed E-state index contributed by atoms with van der Waals surface area (Å²) in [5, 5.41) is 0. The smallest absolute Gasteiger partial charge is 0.223 e. The summed E-state index contributed by atoms with van der Waals surface area (Å²) in [7, 11) is 0. The van der Waals surface area contributed by atoms with E-state index in [1.54, 1.807) is 12.4 Å². The van der Waals surface area contributed by atoms with E-state index in [4.69, 9.17) is 10.5 Å². The number of nitrogens with zero attached hydrogens (tertiary/aromatic N) is 3. The molecule has 0 aromatic carbocycles. The molecular formula is C19H24N4O2. The van der Waals surface area contributed by atoms with Crippen molar-refractivity contribution in [2.24, 2.45) is 0 Å². The fourth-order valence-corrected chi connectivity index (χ4v) is 3.05. The van der Waals surface area contributed by atoms with Crippen LogP contribution < -0.4 is 5.73 Å². The van der Waals surface area contributed by atoms with Gasteiger partial charge in [0.2, 0.25) is 5.91 Å². The molecule has 0 radical (unpaired) electrons. The Hall–Kier alpha value is -2.47. The zero-order valence-electron chi connectivity index (χ0n) is 14.3. The molecule has 132 valence electrons. The van der Waals surface area contributed by atoms with Gasteiger partial charge in [0.15, 0.2) is 0 Å². The molecule has 2 aromatic rings. The number of carbonyl (C=O) groups excluding carboxylic acids is 1. The second-order valence-electron chi connectivity index (χ2n) is 6.32. The molecule has 1 aliphatic heterocycles. The number of aromatic nitrogens is 2. The fourth-order valence-electron chi connectivity index (χ4n) is 3.05. The average Bonchev–Trinajstić information content (AvgIpc) is 2.65. The number of nitrogen functional groups attached to an aromatic ring is 1. The second kappa shape index (κ2) is 8.58. The molecule has 1 saturated heterocycles. The molecule has 1 fully saturated rings. The Balaban J connectivity index is 1.46. The van der Waals surface area contributed by atoms with E-state index < -0.39 is 0 Å². The number of morpholine rings is 1. The number of ether oxygens (including phenoxy) is 1. The summed E-state index contributed by atoms with van der Waals surface area (Å²) in [6, 6.07) is 7.76. The maximum absolute atomic E-state index is 12.5. The molecular weight excluding hydrogens is 316 g/mol. The van der Waals surface area contributed by atoms with E-state index in [-0.39, 0.29) is 12.0 Å². The zero-order valence-corrected chi connectivity index (χ0v) is 14.3. The van der Waals surface area contributed by atoms with Crippen LogP contribution in [0, 0.1) is 0 Å². The third kappa shape index (κ3) is 5.26. The minimum atomic E-state index is 0.0745. The topological polar surface area (TPSA) is 81.3 Å². The predicted octanol–water partition coefficient (Wildman–Crippen LogP) is 1.85. The Kier molecular flexibility index (Phi) is 5.95. The molecule has 1 atom stereocenters. The van der Waals surface area contributed by atoms with Crippen molar-refractivity contribution in [3.8, 4) is 0 Å². The third-order valence-electron chi connectivity index (χ3n) is 4.44. The van der Waals surface area contributed by atoms with Gasteiger partial charge in [-0.1, -0.05) is 6.07 Å². The highest BCUT2D eigenvalue weighted by molar-refractivity contribution is 5.76. The molecule has 6 nitrogen and oxygen atoms in total. The Morgan fingerprint density at radius 2 is 2.20 bits per heavy atom. The Morgan fingerprint density at radius 3 is 3.00 bits per heavy atom. The van der Waals surface area contributed by atoms with Crippen LogP contribution in [0.15, 0.2) is 42.9 Å². The van der Waals surface area contributed by atoms with E-state index in [9.17, 15) is 4.79 Å². The lowest BCUT2D eigenvalue weighted by Gasteiger charge is -2.33. The molecule has 0 saturated carbocycles. The van der Waals surface area contributed by atoms with Crippen molar-refractivity contribution in [2.45, 2.75) is 31.8 Å². The normalized spacial score (nSPS) is 17.4. The Bertz CT molecular complexity index is 693. The summed E-state index contributed by atoms with van der Waals surface area (Å²) in [6.07, 6.45) is 8.34. The van der Waals surface area contributed by atoms with Gasteiger partial charge in [-0.05, 0) is 48.6 Å². The van der Waals surface area contributed by atoms with Crippen molar-refractivity contribution in [2.75, 3.05) is 25.4 Å². The Labute approximate surface area is 148 Å². The molecule has 0 bridgehead atoms. The first-order valence-corrected chi connectivity index (χ1v) is 8.69. The van der Waals surface area contributed by atoms with Crippen LogP contribution in [0.4, 0.5) is 5.82 Å². The highest BCUT2D eigenvalue weighted by atomic mass is 16.5. The van der Waals surface area contributed by atoms with Crippen LogP contribution in [0.3, 0.4) is 0 Å². The average molecular weight is 340 g/mol. The van der Waals surface area contributed by atoms with E-state index in [2.05, 4.69) is 9.97 Å². The van der Waals surface area contributed by atoms with Crippen LogP contribution in [0.5, 0.6) is 0 Å². The maximum atomic E-state index is 12.5. The van der Waals surface area contributed by atoms with Crippen LogP contribution in [-0.4, -0.2) is 46.6 Å². The van der Waals surface area contributed by atoms with Crippen LogP contribution >= 0.6 is 0 Å². The number of nitrogens with two attached hydrogens (primary N) is 1. The van der Waals surface area contributed by atoms with Crippen molar-refractivity contribution in [1.29, 1.82) is 0 Å². The maximum Gasteiger partial charge on any atom is 0.223 e. The molecule has 1 aliphatic rings. The summed E-state index contributed by atoms with van der Waals surface area (Å²) < 4.78 is 5.82. The SMILES string of the molecule is Nc1cc(CC[C@H]2CN(C(=O)CCc3cccnc3)CCO2)ccn1. The van der Waals surface area contributed by atoms with Crippen molar-refractivity contribution in [3.05, 3.63) is 54.0 Å². The van der Waals surface area contributed by atoms with Gasteiger partial charge in [0.1, 0.15) is 5.82 Å². The second-order valence-corrected chi connectivity index (χ2v) is 6.32. The molecule has 0 unspecified atom stereocenters. The van der Waals surface area contributed by atoms with Crippen LogP contribution in [0.2, 0.25) is 0 Å². The molecule has 3 heterocycles. The van der Waals surface area contributed by atoms with Gasteiger partial charge in [-0.3, -0.25) is 9.78 Å². The van der Waals surface area contributed by atoms with Gasteiger partial charge in [-0.25, -0.2) is 4.98 Å². The monoisotopic (exact) mass is 340 g/mol. The highest BCUT2D eigenvalue weighted by Crippen LogP contribution is 2.15. The van der Waals surface area contributed by atoms with Gasteiger partial charge in [0.05, 0.1) is 12.7 Å². The van der Waals surface area contributed by atoms with Crippen molar-refractivity contribution in [1.82, 2.24) is 14.9 Å². The number of pyridine rings is 2. The molecule has 0 aliphatic carbocycles. The molecule has 2 N–H and O–H groups in total. The number of aryl methyl sites for hydroxylation is 2. The molecule has 25 heavy (non-hydrogen) atoms. The first kappa shape index (κ1) is 17.4. The number of hydrogen-bond donors (Lipinski definition) is 1. The van der Waals surface area contributed by atoms with Crippen molar-refractivity contribution < 1.29 is 9.53 Å². The van der Waals surface area contributed by atoms with E-state index in [1.165, 1.54) is 0 Å². The van der Waals surface area contributed by atoms with Gasteiger partial charge in [-0.2, -0.15) is 0 Å². The van der Waals surface area contributed by atoms with E-state index in [0.29, 0.717) is 31.9 Å². The largest absolute Gasteiger partial charge is 0.384 e. The number of carbonyl (C=O) groups is 1. The van der Waals surface area contributed by atoms with Gasteiger partial charge < -0.3 is 15.4 Å². The zero-order chi connectivity index (χ0) is 17.5. The predicted molar refractivity (Wildman–Crippen MR) is 95.8 cm³/mol. The van der Waals surface area contributed by atoms with Gasteiger partial charge in [0.25, 0.3) is 0 Å². The van der Waals surface area contributed by atoms with Crippen LogP contribution in [0.1, 0.15) is 24.0 Å². The first-order chi connectivity index (χ1) is 12.2. The van der Waals surface area contributed by atoms with E-state index in [0.717, 1.165) is 30.4 Å². The number of amides is 1. The fraction of sp³-hybridized carbons (Fsp3) is 0.421. The standard InChI is InChI=1S/C19H24N4O2/c20-18-12-15(7-9-22-18)3-5-17-14-23(10-11-25-17)19(24)6-4-16-2-1-8-21-13-16/h1-2,7-9,12-13,17H,3-6,10-11,14H2,(H2,20,22)/t17-/m0/s1. The minimum absolute atomic E-state index is 0.0745. The van der Waals surface area contributed by atoms with Gasteiger partial charge >= 0.3 is 0 Å². The summed E-state index contributed by atoms with van der Waals surface area (Å²) in [5.41, 5.74) is 7.95.